The van der Waals surface area contributed by atoms with E-state index in [9.17, 15) is 13.2 Å². The van der Waals surface area contributed by atoms with Crippen molar-refractivity contribution in [1.29, 1.82) is 0 Å². The lowest BCUT2D eigenvalue weighted by atomic mass is 10.1. The SMILES string of the molecule is COc1ccc(S(=O)(=O)C[C@H]2CCOC2)cc1C(=O)Nc1ccc(Br)cc1.S. The zero-order valence-electron chi connectivity index (χ0n) is 15.3. The molecule has 0 aromatic heterocycles. The smallest absolute Gasteiger partial charge is 0.259 e. The Morgan fingerprint density at radius 3 is 2.57 bits per heavy atom. The highest BCUT2D eigenvalue weighted by Crippen LogP contribution is 2.26. The zero-order chi connectivity index (χ0) is 19.4. The topological polar surface area (TPSA) is 81.7 Å². The molecule has 1 heterocycles. The van der Waals surface area contributed by atoms with Crippen LogP contribution in [0, 0.1) is 5.92 Å². The van der Waals surface area contributed by atoms with Gasteiger partial charge in [0.25, 0.3) is 5.91 Å². The van der Waals surface area contributed by atoms with Gasteiger partial charge in [-0.2, -0.15) is 13.5 Å². The molecule has 1 aliphatic heterocycles. The van der Waals surface area contributed by atoms with Crippen LogP contribution in [0.4, 0.5) is 5.69 Å². The molecule has 1 fully saturated rings. The number of hydrogen-bond acceptors (Lipinski definition) is 5. The molecule has 2 aromatic rings. The van der Waals surface area contributed by atoms with Crippen LogP contribution < -0.4 is 10.1 Å². The number of carbonyl (C=O) groups excluding carboxylic acids is 1. The third-order valence-corrected chi connectivity index (χ3v) is 6.77. The van der Waals surface area contributed by atoms with Crippen molar-refractivity contribution in [3.05, 3.63) is 52.5 Å². The maximum absolute atomic E-state index is 12.7. The summed E-state index contributed by atoms with van der Waals surface area (Å²) < 4.78 is 36.8. The van der Waals surface area contributed by atoms with Gasteiger partial charge in [0.15, 0.2) is 9.84 Å². The van der Waals surface area contributed by atoms with E-state index in [2.05, 4.69) is 21.2 Å². The van der Waals surface area contributed by atoms with Gasteiger partial charge < -0.3 is 14.8 Å². The van der Waals surface area contributed by atoms with Crippen LogP contribution in [0.15, 0.2) is 51.8 Å². The van der Waals surface area contributed by atoms with E-state index < -0.39 is 15.7 Å². The fourth-order valence-electron chi connectivity index (χ4n) is 2.91. The van der Waals surface area contributed by atoms with Crippen LogP contribution >= 0.6 is 29.4 Å². The highest BCUT2D eigenvalue weighted by atomic mass is 79.9. The molecule has 1 aliphatic rings. The van der Waals surface area contributed by atoms with Gasteiger partial charge in [0.05, 0.1) is 29.9 Å². The van der Waals surface area contributed by atoms with E-state index in [-0.39, 0.29) is 35.6 Å². The highest BCUT2D eigenvalue weighted by molar-refractivity contribution is 9.10. The van der Waals surface area contributed by atoms with Crippen molar-refractivity contribution in [3.8, 4) is 5.75 Å². The van der Waals surface area contributed by atoms with Crippen LogP contribution in [0.2, 0.25) is 0 Å². The summed E-state index contributed by atoms with van der Waals surface area (Å²) in [6.45, 7) is 1.04. The minimum Gasteiger partial charge on any atom is -0.496 e. The Morgan fingerprint density at radius 2 is 1.96 bits per heavy atom. The van der Waals surface area contributed by atoms with E-state index in [0.717, 1.165) is 10.9 Å². The number of methoxy groups -OCH3 is 1. The molecule has 0 saturated carbocycles. The van der Waals surface area contributed by atoms with Crippen molar-refractivity contribution in [2.45, 2.75) is 11.3 Å². The molecule has 0 bridgehead atoms. The molecule has 2 aromatic carbocycles. The number of amides is 1. The van der Waals surface area contributed by atoms with Gasteiger partial charge in [-0.25, -0.2) is 8.42 Å². The Kier molecular flexibility index (Phi) is 7.94. The number of benzene rings is 2. The maximum Gasteiger partial charge on any atom is 0.259 e. The summed E-state index contributed by atoms with van der Waals surface area (Å²) in [4.78, 5) is 12.8. The number of carbonyl (C=O) groups is 1. The number of ether oxygens (including phenoxy) is 2. The second kappa shape index (κ2) is 9.78. The average Bonchev–Trinajstić information content (AvgIpc) is 3.15. The Morgan fingerprint density at radius 1 is 1.25 bits per heavy atom. The molecule has 1 N–H and O–H groups in total. The van der Waals surface area contributed by atoms with Crippen LogP contribution in [-0.4, -0.2) is 40.4 Å². The molecule has 0 radical (unpaired) electrons. The zero-order valence-corrected chi connectivity index (χ0v) is 18.7. The molecule has 6 nitrogen and oxygen atoms in total. The fraction of sp³-hybridized carbons (Fsp3) is 0.316. The average molecular weight is 488 g/mol. The third kappa shape index (κ3) is 5.50. The van der Waals surface area contributed by atoms with Gasteiger partial charge in [0.2, 0.25) is 0 Å². The second-order valence-electron chi connectivity index (χ2n) is 6.33. The normalized spacial score (nSPS) is 16.3. The summed E-state index contributed by atoms with van der Waals surface area (Å²) in [5.74, 6) is -0.132. The summed E-state index contributed by atoms with van der Waals surface area (Å²) >= 11 is 3.34. The van der Waals surface area contributed by atoms with Crippen molar-refractivity contribution >= 4 is 50.9 Å². The van der Waals surface area contributed by atoms with Crippen LogP contribution in [0.1, 0.15) is 16.8 Å². The maximum atomic E-state index is 12.7. The molecule has 9 heteroatoms. The summed E-state index contributed by atoms with van der Waals surface area (Å²) in [6.07, 6.45) is 0.728. The molecule has 0 spiro atoms. The second-order valence-corrected chi connectivity index (χ2v) is 9.28. The first-order valence-electron chi connectivity index (χ1n) is 8.44. The number of sulfone groups is 1. The van der Waals surface area contributed by atoms with Crippen molar-refractivity contribution in [3.63, 3.8) is 0 Å². The van der Waals surface area contributed by atoms with E-state index in [4.69, 9.17) is 9.47 Å². The molecule has 3 rings (SSSR count). The molecule has 152 valence electrons. The third-order valence-electron chi connectivity index (χ3n) is 4.36. The van der Waals surface area contributed by atoms with Crippen molar-refractivity contribution in [2.75, 3.05) is 31.4 Å². The molecule has 1 amide bonds. The molecule has 1 atom stereocenters. The van der Waals surface area contributed by atoms with E-state index in [0.29, 0.717) is 24.7 Å². The molecule has 1 saturated heterocycles. The van der Waals surface area contributed by atoms with Gasteiger partial charge in [0, 0.05) is 16.8 Å². The van der Waals surface area contributed by atoms with Gasteiger partial charge >= 0.3 is 0 Å². The summed E-state index contributed by atoms with van der Waals surface area (Å²) in [5.41, 5.74) is 0.769. The lowest BCUT2D eigenvalue weighted by molar-refractivity contribution is 0.102. The van der Waals surface area contributed by atoms with Gasteiger partial charge in [-0.3, -0.25) is 4.79 Å². The van der Waals surface area contributed by atoms with Crippen molar-refractivity contribution < 1.29 is 22.7 Å². The highest BCUT2D eigenvalue weighted by Gasteiger charge is 2.26. The number of halogens is 1. The Bertz CT molecular complexity index is 926. The lowest BCUT2D eigenvalue weighted by Gasteiger charge is -2.13. The predicted molar refractivity (Wildman–Crippen MR) is 116 cm³/mol. The largest absolute Gasteiger partial charge is 0.496 e. The van der Waals surface area contributed by atoms with Crippen LogP contribution in [0.3, 0.4) is 0 Å². The standard InChI is InChI=1S/C19H20BrNO5S.H2S/c1-25-18-7-6-16(27(23,24)12-13-8-9-26-11-13)10-17(18)19(22)21-15-4-2-14(20)3-5-15;/h2-7,10,13H,8-9,11-12H2,1H3,(H,21,22);1H2/t13-;/m0./s1. The minimum atomic E-state index is -3.52. The first kappa shape index (κ1) is 22.7. The first-order valence-corrected chi connectivity index (χ1v) is 10.9. The van der Waals surface area contributed by atoms with Crippen molar-refractivity contribution in [2.24, 2.45) is 5.92 Å². The molecular weight excluding hydrogens is 466 g/mol. The summed E-state index contributed by atoms with van der Waals surface area (Å²) in [7, 11) is -2.08. The van der Waals surface area contributed by atoms with E-state index in [1.54, 1.807) is 24.3 Å². The molecule has 0 aliphatic carbocycles. The lowest BCUT2D eigenvalue weighted by Crippen LogP contribution is -2.18. The monoisotopic (exact) mass is 487 g/mol. The molecule has 28 heavy (non-hydrogen) atoms. The van der Waals surface area contributed by atoms with Crippen molar-refractivity contribution in [1.82, 2.24) is 0 Å². The Hall–Kier alpha value is -1.55. The molecule has 0 unspecified atom stereocenters. The molecular formula is C19H22BrNO5S2. The summed E-state index contributed by atoms with van der Waals surface area (Å²) in [5, 5.41) is 2.76. The van der Waals surface area contributed by atoms with Gasteiger partial charge in [-0.05, 0) is 54.8 Å². The van der Waals surface area contributed by atoms with E-state index in [1.165, 1.54) is 25.3 Å². The van der Waals surface area contributed by atoms with E-state index in [1.807, 2.05) is 0 Å². The number of hydrogen-bond donors (Lipinski definition) is 1. The number of anilines is 1. The van der Waals surface area contributed by atoms with Crippen LogP contribution in [0.25, 0.3) is 0 Å². The Labute approximate surface area is 180 Å². The van der Waals surface area contributed by atoms with Gasteiger partial charge in [-0.1, -0.05) is 15.9 Å². The first-order chi connectivity index (χ1) is 12.9. The Balaban J connectivity index is 0.00000280. The quantitative estimate of drug-likeness (QED) is 0.672. The summed E-state index contributed by atoms with van der Waals surface area (Å²) in [6, 6.07) is 11.5. The van der Waals surface area contributed by atoms with Crippen LogP contribution in [-0.2, 0) is 14.6 Å². The minimum absolute atomic E-state index is 0. The van der Waals surface area contributed by atoms with Gasteiger partial charge in [-0.15, -0.1) is 0 Å². The van der Waals surface area contributed by atoms with E-state index >= 15 is 0 Å². The fourth-order valence-corrected chi connectivity index (χ4v) is 4.82. The van der Waals surface area contributed by atoms with Crippen LogP contribution in [0.5, 0.6) is 5.75 Å². The number of nitrogens with one attached hydrogen (secondary N) is 1. The number of rotatable bonds is 6. The predicted octanol–water partition coefficient (Wildman–Crippen LogP) is 3.63. The van der Waals surface area contributed by atoms with Gasteiger partial charge in [0.1, 0.15) is 5.75 Å².